The lowest BCUT2D eigenvalue weighted by atomic mass is 10.1. The molecule has 0 saturated carbocycles. The van der Waals surface area contributed by atoms with E-state index < -0.39 is 5.91 Å². The van der Waals surface area contributed by atoms with Crippen LogP contribution in [-0.4, -0.2) is 53.0 Å². The van der Waals surface area contributed by atoms with Crippen LogP contribution in [0.1, 0.15) is 31.8 Å². The molecule has 0 bridgehead atoms. The number of anilines is 2. The molecular formula is C28H28N6O3. The van der Waals surface area contributed by atoms with Gasteiger partial charge in [-0.1, -0.05) is 30.3 Å². The third-order valence-corrected chi connectivity index (χ3v) is 6.27. The molecule has 188 valence electrons. The van der Waals surface area contributed by atoms with Crippen LogP contribution in [0.4, 0.5) is 11.5 Å². The van der Waals surface area contributed by atoms with E-state index in [2.05, 4.69) is 25.5 Å². The molecule has 1 aliphatic heterocycles. The summed E-state index contributed by atoms with van der Waals surface area (Å²) < 4.78 is 5.42. The van der Waals surface area contributed by atoms with Crippen molar-refractivity contribution in [2.45, 2.75) is 13.1 Å². The minimum absolute atomic E-state index is 0.158. The van der Waals surface area contributed by atoms with Crippen molar-refractivity contribution in [1.29, 1.82) is 0 Å². The molecule has 0 spiro atoms. The summed E-state index contributed by atoms with van der Waals surface area (Å²) in [6.07, 6.45) is 1.40. The quantitative estimate of drug-likeness (QED) is 0.342. The van der Waals surface area contributed by atoms with Crippen molar-refractivity contribution in [2.24, 2.45) is 5.73 Å². The number of amides is 2. The van der Waals surface area contributed by atoms with E-state index in [1.54, 1.807) is 12.1 Å². The van der Waals surface area contributed by atoms with E-state index in [9.17, 15) is 9.59 Å². The Morgan fingerprint density at radius 3 is 2.57 bits per heavy atom. The molecule has 0 radical (unpaired) electrons. The lowest BCUT2D eigenvalue weighted by Gasteiger charge is -2.26. The molecular weight excluding hydrogens is 468 g/mol. The molecule has 1 fully saturated rings. The summed E-state index contributed by atoms with van der Waals surface area (Å²) in [5, 5.41) is 7.01. The average molecular weight is 497 g/mol. The van der Waals surface area contributed by atoms with Crippen molar-refractivity contribution in [3.05, 3.63) is 95.3 Å². The molecule has 1 aromatic heterocycles. The van der Waals surface area contributed by atoms with Crippen LogP contribution in [0, 0.1) is 0 Å². The number of nitrogens with one attached hydrogen (secondary N) is 2. The first-order valence-corrected chi connectivity index (χ1v) is 12.1. The number of rotatable bonds is 8. The Balaban J connectivity index is 1.25. The lowest BCUT2D eigenvalue weighted by Crippen LogP contribution is -2.35. The molecule has 2 heterocycles. The van der Waals surface area contributed by atoms with Crippen LogP contribution in [0.2, 0.25) is 0 Å². The van der Waals surface area contributed by atoms with Crippen molar-refractivity contribution in [1.82, 2.24) is 14.9 Å². The smallest absolute Gasteiger partial charge is 0.255 e. The van der Waals surface area contributed by atoms with E-state index in [4.69, 9.17) is 10.5 Å². The van der Waals surface area contributed by atoms with Gasteiger partial charge in [0.15, 0.2) is 0 Å². The number of morpholine rings is 1. The zero-order valence-corrected chi connectivity index (χ0v) is 20.3. The molecule has 0 atom stereocenters. The number of aromatic nitrogens is 2. The largest absolute Gasteiger partial charge is 0.379 e. The molecule has 1 saturated heterocycles. The maximum atomic E-state index is 13.0. The van der Waals surface area contributed by atoms with Gasteiger partial charge in [0.1, 0.15) is 12.1 Å². The van der Waals surface area contributed by atoms with E-state index in [-0.39, 0.29) is 5.91 Å². The van der Waals surface area contributed by atoms with Gasteiger partial charge in [-0.15, -0.1) is 0 Å². The topological polar surface area (TPSA) is 122 Å². The molecule has 2 amide bonds. The Morgan fingerprint density at radius 2 is 1.73 bits per heavy atom. The first kappa shape index (κ1) is 24.4. The van der Waals surface area contributed by atoms with Crippen LogP contribution in [-0.2, 0) is 17.8 Å². The maximum absolute atomic E-state index is 13.0. The minimum atomic E-state index is -0.537. The van der Waals surface area contributed by atoms with Crippen LogP contribution < -0.4 is 16.4 Å². The van der Waals surface area contributed by atoms with E-state index in [1.807, 2.05) is 54.6 Å². The van der Waals surface area contributed by atoms with Gasteiger partial charge in [0, 0.05) is 42.8 Å². The van der Waals surface area contributed by atoms with Gasteiger partial charge in [-0.25, -0.2) is 9.97 Å². The summed E-state index contributed by atoms with van der Waals surface area (Å²) >= 11 is 0. The third-order valence-electron chi connectivity index (χ3n) is 6.27. The number of nitrogens with two attached hydrogens (primary N) is 1. The summed E-state index contributed by atoms with van der Waals surface area (Å²) in [4.78, 5) is 35.6. The summed E-state index contributed by atoms with van der Waals surface area (Å²) in [6, 6.07) is 20.6. The number of hydrogen-bond donors (Lipinski definition) is 3. The molecule has 37 heavy (non-hydrogen) atoms. The molecule has 5 rings (SSSR count). The van der Waals surface area contributed by atoms with Crippen molar-refractivity contribution in [3.8, 4) is 0 Å². The minimum Gasteiger partial charge on any atom is -0.379 e. The van der Waals surface area contributed by atoms with Gasteiger partial charge in [-0.2, -0.15) is 0 Å². The van der Waals surface area contributed by atoms with Crippen molar-refractivity contribution in [3.63, 3.8) is 0 Å². The van der Waals surface area contributed by atoms with E-state index in [0.717, 1.165) is 44.0 Å². The third kappa shape index (κ3) is 5.91. The second-order valence-electron chi connectivity index (χ2n) is 8.89. The van der Waals surface area contributed by atoms with Crippen LogP contribution >= 0.6 is 0 Å². The highest BCUT2D eigenvalue weighted by Gasteiger charge is 2.13. The Kier molecular flexibility index (Phi) is 7.34. The second kappa shape index (κ2) is 11.2. The van der Waals surface area contributed by atoms with Crippen LogP contribution in [0.5, 0.6) is 0 Å². The number of fused-ring (bicyclic) bond motifs is 1. The number of ether oxygens (including phenoxy) is 1. The lowest BCUT2D eigenvalue weighted by molar-refractivity contribution is 0.0342. The monoisotopic (exact) mass is 496 g/mol. The van der Waals surface area contributed by atoms with Gasteiger partial charge in [-0.05, 0) is 47.5 Å². The number of primary amides is 1. The van der Waals surface area contributed by atoms with E-state index in [0.29, 0.717) is 40.1 Å². The Morgan fingerprint density at radius 1 is 0.946 bits per heavy atom. The standard InChI is InChI=1S/C28H28N6O3/c29-26(35)23-8-3-9-24-25(23)31-18-32-27(24)30-16-19-4-2-7-22(15-19)33-28(36)21-6-1-5-20(14-21)17-34-10-12-37-13-11-34/h1-9,14-15,18H,10-13,16-17H2,(H2,29,35)(H,33,36)(H,30,31,32). The number of carbonyl (C=O) groups is 2. The SMILES string of the molecule is NC(=O)c1cccc2c(NCc3cccc(NC(=O)c4cccc(CN5CCOCC5)c4)c3)ncnc12. The molecule has 4 N–H and O–H groups in total. The van der Waals surface area contributed by atoms with Crippen molar-refractivity contribution in [2.75, 3.05) is 36.9 Å². The molecule has 9 heteroatoms. The number of hydrogen-bond acceptors (Lipinski definition) is 7. The van der Waals surface area contributed by atoms with Gasteiger partial charge in [-0.3, -0.25) is 14.5 Å². The summed E-state index contributed by atoms with van der Waals surface area (Å²) in [5.41, 5.74) is 9.71. The van der Waals surface area contributed by atoms with Gasteiger partial charge in [0.05, 0.1) is 24.3 Å². The zero-order chi connectivity index (χ0) is 25.6. The van der Waals surface area contributed by atoms with E-state index in [1.165, 1.54) is 6.33 Å². The fourth-order valence-electron chi connectivity index (χ4n) is 4.40. The van der Waals surface area contributed by atoms with Crippen LogP contribution in [0.15, 0.2) is 73.1 Å². The highest BCUT2D eigenvalue weighted by Crippen LogP contribution is 2.23. The number of carbonyl (C=O) groups excluding carboxylic acids is 2. The molecule has 1 aliphatic rings. The number of para-hydroxylation sites is 1. The summed E-state index contributed by atoms with van der Waals surface area (Å²) in [6.45, 7) is 4.54. The summed E-state index contributed by atoms with van der Waals surface area (Å²) in [5.74, 6) is -0.0975. The number of benzene rings is 3. The highest BCUT2D eigenvalue weighted by atomic mass is 16.5. The first-order chi connectivity index (χ1) is 18.1. The molecule has 0 aliphatic carbocycles. The number of nitrogens with zero attached hydrogens (tertiary/aromatic N) is 3. The predicted octanol–water partition coefficient (Wildman–Crippen LogP) is 3.43. The van der Waals surface area contributed by atoms with Crippen molar-refractivity contribution >= 4 is 34.2 Å². The predicted molar refractivity (Wildman–Crippen MR) is 142 cm³/mol. The molecule has 0 unspecified atom stereocenters. The second-order valence-corrected chi connectivity index (χ2v) is 8.89. The first-order valence-electron chi connectivity index (χ1n) is 12.1. The molecule has 9 nitrogen and oxygen atoms in total. The van der Waals surface area contributed by atoms with E-state index >= 15 is 0 Å². The zero-order valence-electron chi connectivity index (χ0n) is 20.3. The Hall–Kier alpha value is -4.34. The average Bonchev–Trinajstić information content (AvgIpc) is 2.92. The fraction of sp³-hybridized carbons (Fsp3) is 0.214. The normalized spacial score (nSPS) is 13.8. The Bertz CT molecular complexity index is 1430. The van der Waals surface area contributed by atoms with Crippen LogP contribution in [0.3, 0.4) is 0 Å². The Labute approximate surface area is 214 Å². The van der Waals surface area contributed by atoms with Gasteiger partial charge < -0.3 is 21.1 Å². The maximum Gasteiger partial charge on any atom is 0.255 e. The van der Waals surface area contributed by atoms with Crippen molar-refractivity contribution < 1.29 is 14.3 Å². The molecule has 3 aromatic carbocycles. The fourth-order valence-corrected chi connectivity index (χ4v) is 4.40. The van der Waals surface area contributed by atoms with Crippen LogP contribution in [0.25, 0.3) is 10.9 Å². The molecule has 4 aromatic rings. The van der Waals surface area contributed by atoms with Gasteiger partial charge >= 0.3 is 0 Å². The highest BCUT2D eigenvalue weighted by molar-refractivity contribution is 6.07. The van der Waals surface area contributed by atoms with Gasteiger partial charge in [0.2, 0.25) is 0 Å². The van der Waals surface area contributed by atoms with Gasteiger partial charge in [0.25, 0.3) is 11.8 Å². The summed E-state index contributed by atoms with van der Waals surface area (Å²) in [7, 11) is 0.